The van der Waals surface area contributed by atoms with E-state index in [1.54, 1.807) is 0 Å². The summed E-state index contributed by atoms with van der Waals surface area (Å²) in [5, 5.41) is 8.90. The number of aliphatic imine (C=N–C) groups is 1. The number of piperidine rings is 2. The van der Waals surface area contributed by atoms with Crippen LogP contribution >= 0.6 is 11.3 Å². The molecule has 168 valence electrons. The molecule has 0 saturated carbocycles. The van der Waals surface area contributed by atoms with E-state index in [9.17, 15) is 4.79 Å². The SMILES string of the molecule is CCNC(=NCC1CCCN(C)C1c1cccs1)NCCC(=O)N1CCCCC1C. The molecule has 0 bridgehead atoms. The lowest BCUT2D eigenvalue weighted by atomic mass is 9.88. The van der Waals surface area contributed by atoms with Crippen molar-refractivity contribution in [1.82, 2.24) is 20.4 Å². The number of amides is 1. The summed E-state index contributed by atoms with van der Waals surface area (Å²) in [5.41, 5.74) is 0. The number of hydrogen-bond acceptors (Lipinski definition) is 4. The Kier molecular flexibility index (Phi) is 9.00. The number of hydrogen-bond donors (Lipinski definition) is 2. The van der Waals surface area contributed by atoms with Crippen LogP contribution < -0.4 is 10.6 Å². The number of nitrogens with zero attached hydrogens (tertiary/aromatic N) is 3. The molecule has 2 aliphatic heterocycles. The summed E-state index contributed by atoms with van der Waals surface area (Å²) in [5.74, 6) is 1.61. The van der Waals surface area contributed by atoms with Gasteiger partial charge in [0.15, 0.2) is 5.96 Å². The van der Waals surface area contributed by atoms with Crippen molar-refractivity contribution in [2.45, 2.75) is 64.5 Å². The van der Waals surface area contributed by atoms with E-state index in [0.29, 0.717) is 31.0 Å². The average molecular weight is 434 g/mol. The third-order valence-corrected chi connectivity index (χ3v) is 7.37. The Morgan fingerprint density at radius 3 is 2.83 bits per heavy atom. The fraction of sp³-hybridized carbons (Fsp3) is 0.739. The quantitative estimate of drug-likeness (QED) is 0.511. The van der Waals surface area contributed by atoms with Gasteiger partial charge in [-0.3, -0.25) is 14.7 Å². The molecule has 1 amide bonds. The van der Waals surface area contributed by atoms with Gasteiger partial charge < -0.3 is 15.5 Å². The second kappa shape index (κ2) is 11.7. The van der Waals surface area contributed by atoms with E-state index in [4.69, 9.17) is 4.99 Å². The van der Waals surface area contributed by atoms with E-state index in [1.165, 1.54) is 24.1 Å². The molecule has 0 spiro atoms. The fourth-order valence-corrected chi connectivity index (χ4v) is 5.79. The van der Waals surface area contributed by atoms with Crippen LogP contribution in [0.1, 0.15) is 63.3 Å². The van der Waals surface area contributed by atoms with Crippen molar-refractivity contribution in [1.29, 1.82) is 0 Å². The van der Waals surface area contributed by atoms with Crippen molar-refractivity contribution in [3.8, 4) is 0 Å². The lowest BCUT2D eigenvalue weighted by Crippen LogP contribution is -2.44. The average Bonchev–Trinajstić information content (AvgIpc) is 3.26. The molecule has 0 radical (unpaired) electrons. The highest BCUT2D eigenvalue weighted by Gasteiger charge is 2.31. The van der Waals surface area contributed by atoms with E-state index in [1.807, 2.05) is 11.3 Å². The van der Waals surface area contributed by atoms with Gasteiger partial charge in [0.05, 0.1) is 0 Å². The minimum absolute atomic E-state index is 0.261. The number of nitrogens with one attached hydrogen (secondary N) is 2. The molecule has 7 heteroatoms. The summed E-state index contributed by atoms with van der Waals surface area (Å²) < 4.78 is 0. The largest absolute Gasteiger partial charge is 0.357 e. The molecule has 2 saturated heterocycles. The molecule has 3 heterocycles. The lowest BCUT2D eigenvalue weighted by molar-refractivity contribution is -0.134. The van der Waals surface area contributed by atoms with Crippen LogP contribution in [-0.2, 0) is 4.79 Å². The van der Waals surface area contributed by atoms with Gasteiger partial charge in [0.1, 0.15) is 0 Å². The highest BCUT2D eigenvalue weighted by Crippen LogP contribution is 2.37. The minimum atomic E-state index is 0.261. The molecule has 2 aliphatic rings. The number of rotatable bonds is 7. The Balaban J connectivity index is 1.53. The van der Waals surface area contributed by atoms with Gasteiger partial charge in [-0.15, -0.1) is 11.3 Å². The Hall–Kier alpha value is -1.60. The van der Waals surface area contributed by atoms with E-state index >= 15 is 0 Å². The first-order valence-electron chi connectivity index (χ1n) is 11.7. The number of carbonyl (C=O) groups is 1. The van der Waals surface area contributed by atoms with Crippen LogP contribution in [0.2, 0.25) is 0 Å². The predicted molar refractivity (Wildman–Crippen MR) is 126 cm³/mol. The van der Waals surface area contributed by atoms with E-state index < -0.39 is 0 Å². The van der Waals surface area contributed by atoms with Crippen LogP contribution in [0.4, 0.5) is 0 Å². The zero-order valence-corrected chi connectivity index (χ0v) is 19.7. The zero-order valence-electron chi connectivity index (χ0n) is 18.9. The van der Waals surface area contributed by atoms with E-state index in [0.717, 1.165) is 45.0 Å². The van der Waals surface area contributed by atoms with Crippen LogP contribution in [0.15, 0.2) is 22.5 Å². The maximum atomic E-state index is 12.6. The predicted octanol–water partition coefficient (Wildman–Crippen LogP) is 3.48. The third kappa shape index (κ3) is 6.20. The van der Waals surface area contributed by atoms with Crippen LogP contribution in [0, 0.1) is 5.92 Å². The van der Waals surface area contributed by atoms with Crippen molar-refractivity contribution >= 4 is 23.2 Å². The monoisotopic (exact) mass is 433 g/mol. The first kappa shape index (κ1) is 23.1. The molecule has 0 aliphatic carbocycles. The summed E-state index contributed by atoms with van der Waals surface area (Å²) in [4.78, 5) is 23.5. The van der Waals surface area contributed by atoms with Gasteiger partial charge in [0.2, 0.25) is 5.91 Å². The summed E-state index contributed by atoms with van der Waals surface area (Å²) >= 11 is 1.85. The molecule has 2 N–H and O–H groups in total. The van der Waals surface area contributed by atoms with Crippen LogP contribution in [-0.4, -0.2) is 67.5 Å². The smallest absolute Gasteiger partial charge is 0.224 e. The summed E-state index contributed by atoms with van der Waals surface area (Å²) in [6.07, 6.45) is 6.47. The first-order valence-corrected chi connectivity index (χ1v) is 12.5. The molecule has 3 rings (SSSR count). The summed E-state index contributed by atoms with van der Waals surface area (Å²) in [7, 11) is 2.23. The summed E-state index contributed by atoms with van der Waals surface area (Å²) in [6, 6.07) is 5.23. The van der Waals surface area contributed by atoms with Gasteiger partial charge >= 0.3 is 0 Å². The van der Waals surface area contributed by atoms with Crippen molar-refractivity contribution < 1.29 is 4.79 Å². The maximum Gasteiger partial charge on any atom is 0.224 e. The number of guanidine groups is 1. The Labute approximate surface area is 186 Å². The van der Waals surface area contributed by atoms with Crippen LogP contribution in [0.3, 0.4) is 0 Å². The molecule has 1 aromatic heterocycles. The van der Waals surface area contributed by atoms with Gasteiger partial charge in [-0.1, -0.05) is 6.07 Å². The Bertz CT molecular complexity index is 677. The lowest BCUT2D eigenvalue weighted by Gasteiger charge is -2.38. The molecular formula is C23H39N5OS. The molecule has 2 fully saturated rings. The third-order valence-electron chi connectivity index (χ3n) is 6.42. The number of carbonyl (C=O) groups excluding carboxylic acids is 1. The highest BCUT2D eigenvalue weighted by molar-refractivity contribution is 7.10. The highest BCUT2D eigenvalue weighted by atomic mass is 32.1. The standard InChI is InChI=1S/C23H39N5OS/c1-4-24-23(25-13-12-21(29)28-15-6-5-9-18(28)2)26-17-19-10-7-14-27(3)22(19)20-11-8-16-30-20/h8,11,16,18-19,22H,4-7,9-10,12-15,17H2,1-3H3,(H2,24,25,26). The second-order valence-electron chi connectivity index (χ2n) is 8.67. The molecule has 6 nitrogen and oxygen atoms in total. The van der Waals surface area contributed by atoms with Crippen molar-refractivity contribution in [3.63, 3.8) is 0 Å². The second-order valence-corrected chi connectivity index (χ2v) is 9.65. The Morgan fingerprint density at radius 1 is 1.23 bits per heavy atom. The summed E-state index contributed by atoms with van der Waals surface area (Å²) in [6.45, 7) is 8.57. The van der Waals surface area contributed by atoms with Gasteiger partial charge in [-0.25, -0.2) is 0 Å². The number of thiophene rings is 1. The van der Waals surface area contributed by atoms with E-state index in [2.05, 4.69) is 58.8 Å². The van der Waals surface area contributed by atoms with Crippen molar-refractivity contribution in [2.75, 3.05) is 39.8 Å². The number of likely N-dealkylation sites (tertiary alicyclic amines) is 2. The first-order chi connectivity index (χ1) is 14.6. The molecular weight excluding hydrogens is 394 g/mol. The Morgan fingerprint density at radius 2 is 2.10 bits per heavy atom. The zero-order chi connectivity index (χ0) is 21.3. The molecule has 0 aromatic carbocycles. The van der Waals surface area contributed by atoms with Crippen LogP contribution in [0.25, 0.3) is 0 Å². The maximum absolute atomic E-state index is 12.6. The molecule has 1 aromatic rings. The van der Waals surface area contributed by atoms with Crippen molar-refractivity contribution in [2.24, 2.45) is 10.9 Å². The normalized spacial score (nSPS) is 25.9. The van der Waals surface area contributed by atoms with Gasteiger partial charge in [0.25, 0.3) is 0 Å². The van der Waals surface area contributed by atoms with Gasteiger partial charge in [-0.05, 0) is 76.9 Å². The van der Waals surface area contributed by atoms with Crippen molar-refractivity contribution in [3.05, 3.63) is 22.4 Å². The molecule has 30 heavy (non-hydrogen) atoms. The molecule has 3 unspecified atom stereocenters. The fourth-order valence-electron chi connectivity index (χ4n) is 4.81. The van der Waals surface area contributed by atoms with Crippen LogP contribution in [0.5, 0.6) is 0 Å². The minimum Gasteiger partial charge on any atom is -0.357 e. The van der Waals surface area contributed by atoms with Gasteiger partial charge in [-0.2, -0.15) is 0 Å². The molecule has 3 atom stereocenters. The topological polar surface area (TPSA) is 60.0 Å². The van der Waals surface area contributed by atoms with Gasteiger partial charge in [0, 0.05) is 49.6 Å². The van der Waals surface area contributed by atoms with E-state index in [-0.39, 0.29) is 5.91 Å².